The van der Waals surface area contributed by atoms with E-state index in [1.807, 2.05) is 0 Å². The lowest BCUT2D eigenvalue weighted by Gasteiger charge is -2.19. The highest BCUT2D eigenvalue weighted by Gasteiger charge is 2.43. The van der Waals surface area contributed by atoms with Crippen LogP contribution in [0.5, 0.6) is 0 Å². The molecule has 4 N–H and O–H groups in total. The molecule has 174 valence electrons. The summed E-state index contributed by atoms with van der Waals surface area (Å²) in [4.78, 5) is 16.6. The molecule has 2 aliphatic carbocycles. The Labute approximate surface area is 187 Å². The molecule has 2 aromatic heterocycles. The summed E-state index contributed by atoms with van der Waals surface area (Å²) in [5.74, 6) is -0.339. The van der Waals surface area contributed by atoms with Gasteiger partial charge >= 0.3 is 12.2 Å². The number of carbonyl (C=O) groups excluding carboxylic acids is 1. The number of halogens is 3. The number of nitrogens with zero attached hydrogens (tertiary/aromatic N) is 2. The van der Waals surface area contributed by atoms with Gasteiger partial charge in [0.2, 0.25) is 0 Å². The minimum absolute atomic E-state index is 0.0225. The largest absolute Gasteiger partial charge is 0.433 e. The average Bonchev–Trinajstić information content (AvgIpc) is 3.15. The number of rotatable bonds is 4. The fourth-order valence-corrected chi connectivity index (χ4v) is 6.09. The molecule has 12 heteroatoms. The molecule has 1 saturated carbocycles. The van der Waals surface area contributed by atoms with Gasteiger partial charge < -0.3 is 10.4 Å². The van der Waals surface area contributed by atoms with Gasteiger partial charge in [-0.05, 0) is 74.4 Å². The van der Waals surface area contributed by atoms with Crippen molar-refractivity contribution in [3.8, 4) is 0 Å². The molecule has 1 fully saturated rings. The lowest BCUT2D eigenvalue weighted by Crippen LogP contribution is -2.21. The van der Waals surface area contributed by atoms with Gasteiger partial charge in [0.1, 0.15) is 9.90 Å². The third-order valence-electron chi connectivity index (χ3n) is 5.54. The van der Waals surface area contributed by atoms with Crippen molar-refractivity contribution >= 4 is 33.0 Å². The number of nitrogens with one attached hydrogen (secondary N) is 1. The molecule has 7 nitrogen and oxygen atoms in total. The van der Waals surface area contributed by atoms with Gasteiger partial charge in [-0.15, -0.1) is 15.7 Å². The number of aryl methyl sites for hydroxylation is 1. The summed E-state index contributed by atoms with van der Waals surface area (Å²) in [6.45, 7) is 3.09. The van der Waals surface area contributed by atoms with Crippen LogP contribution in [0.3, 0.4) is 0 Å². The van der Waals surface area contributed by atoms with E-state index in [1.54, 1.807) is 19.2 Å². The predicted molar refractivity (Wildman–Crippen MR) is 115 cm³/mol. The average molecular weight is 489 g/mol. The molecule has 0 saturated heterocycles. The van der Waals surface area contributed by atoms with E-state index in [2.05, 4.69) is 14.7 Å². The number of thiophene rings is 1. The Kier molecular flexibility index (Phi) is 5.63. The van der Waals surface area contributed by atoms with E-state index in [0.29, 0.717) is 48.9 Å². The summed E-state index contributed by atoms with van der Waals surface area (Å²) < 4.78 is 57.8. The van der Waals surface area contributed by atoms with Crippen molar-refractivity contribution in [3.63, 3.8) is 0 Å². The van der Waals surface area contributed by atoms with E-state index in [4.69, 9.17) is 5.14 Å². The van der Waals surface area contributed by atoms with Gasteiger partial charge in [-0.25, -0.2) is 19.1 Å². The molecule has 4 rings (SSSR count). The molecule has 2 aliphatic rings. The first kappa shape index (κ1) is 23.1. The van der Waals surface area contributed by atoms with Crippen molar-refractivity contribution in [2.75, 3.05) is 5.32 Å². The van der Waals surface area contributed by atoms with E-state index in [-0.39, 0.29) is 21.4 Å². The van der Waals surface area contributed by atoms with Crippen LogP contribution in [-0.4, -0.2) is 20.3 Å². The predicted octanol–water partition coefficient (Wildman–Crippen LogP) is 4.69. The van der Waals surface area contributed by atoms with Gasteiger partial charge in [-0.1, -0.05) is 0 Å². The first-order valence-electron chi connectivity index (χ1n) is 10.1. The van der Waals surface area contributed by atoms with E-state index in [1.165, 1.54) is 6.07 Å². The fraction of sp³-hybridized carbons (Fsp3) is 0.500. The van der Waals surface area contributed by atoms with Crippen LogP contribution in [0.25, 0.3) is 0 Å². The van der Waals surface area contributed by atoms with E-state index in [0.717, 1.165) is 11.3 Å². The van der Waals surface area contributed by atoms with Crippen molar-refractivity contribution in [2.45, 2.75) is 67.9 Å². The topological polar surface area (TPSA) is 118 Å². The number of hydrogen-bond acceptors (Lipinski definition) is 5. The van der Waals surface area contributed by atoms with E-state index in [9.17, 15) is 27.3 Å². The highest BCUT2D eigenvalue weighted by molar-refractivity contribution is 7.93. The van der Waals surface area contributed by atoms with Crippen LogP contribution >= 0.6 is 11.3 Å². The number of anilines is 1. The minimum atomic E-state index is -4.65. The smallest absolute Gasteiger partial charge is 0.386 e. The van der Waals surface area contributed by atoms with Crippen LogP contribution in [-0.2, 0) is 34.5 Å². The molecular weight excluding hydrogens is 465 g/mol. The summed E-state index contributed by atoms with van der Waals surface area (Å²) in [6, 6.07) is 0.330. The Balaban J connectivity index is 1.73. The van der Waals surface area contributed by atoms with Crippen LogP contribution in [0.15, 0.2) is 20.0 Å². The van der Waals surface area contributed by atoms with Crippen LogP contribution in [0, 0.1) is 0 Å². The van der Waals surface area contributed by atoms with Crippen molar-refractivity contribution in [2.24, 2.45) is 9.50 Å². The molecule has 0 aliphatic heterocycles. The van der Waals surface area contributed by atoms with Gasteiger partial charge in [-0.3, -0.25) is 0 Å². The zero-order chi connectivity index (χ0) is 23.5. The lowest BCUT2D eigenvalue weighted by molar-refractivity contribution is -0.141. The second kappa shape index (κ2) is 7.79. The van der Waals surface area contributed by atoms with Crippen LogP contribution in [0.4, 0.5) is 23.7 Å². The molecule has 1 atom stereocenters. The minimum Gasteiger partial charge on any atom is -0.386 e. The van der Waals surface area contributed by atoms with Crippen LogP contribution < -0.4 is 10.5 Å². The second-order valence-corrected chi connectivity index (χ2v) is 11.5. The quantitative estimate of drug-likeness (QED) is 0.579. The van der Waals surface area contributed by atoms with Crippen molar-refractivity contribution in [1.29, 1.82) is 0 Å². The fourth-order valence-electron chi connectivity index (χ4n) is 3.81. The SMILES string of the molecule is CC(C)(O)c1csc(S(N)(=O)=NC(=O)Nc2c3c(nc(C(F)(F)F)c2C2CC2)CCC3)c1. The molecule has 2 amide bonds. The van der Waals surface area contributed by atoms with E-state index < -0.39 is 33.4 Å². The van der Waals surface area contributed by atoms with Crippen molar-refractivity contribution in [3.05, 3.63) is 39.5 Å². The molecule has 0 radical (unpaired) electrons. The molecule has 1 unspecified atom stereocenters. The Bertz CT molecular complexity index is 1200. The van der Waals surface area contributed by atoms with E-state index >= 15 is 0 Å². The maximum absolute atomic E-state index is 13.7. The monoisotopic (exact) mass is 488 g/mol. The van der Waals surface area contributed by atoms with Gasteiger partial charge in [0.15, 0.2) is 9.92 Å². The summed E-state index contributed by atoms with van der Waals surface area (Å²) in [5, 5.41) is 19.9. The van der Waals surface area contributed by atoms with Gasteiger partial charge in [0, 0.05) is 11.3 Å². The van der Waals surface area contributed by atoms with Gasteiger partial charge in [0.25, 0.3) is 0 Å². The molecule has 32 heavy (non-hydrogen) atoms. The number of fused-ring (bicyclic) bond motifs is 1. The molecule has 2 heterocycles. The molecule has 2 aromatic rings. The maximum Gasteiger partial charge on any atom is 0.433 e. The number of nitrogens with two attached hydrogens (primary N) is 1. The number of amides is 2. The normalized spacial score (nSPS) is 18.2. The highest BCUT2D eigenvalue weighted by atomic mass is 32.2. The first-order valence-corrected chi connectivity index (χ1v) is 12.5. The number of pyridine rings is 1. The Morgan fingerprint density at radius 3 is 2.59 bits per heavy atom. The number of carbonyl (C=O) groups is 1. The molecular formula is C20H23F3N4O3S2. The molecule has 0 bridgehead atoms. The summed E-state index contributed by atoms with van der Waals surface area (Å²) in [7, 11) is -3.66. The van der Waals surface area contributed by atoms with Gasteiger partial charge in [0.05, 0.1) is 11.3 Å². The third-order valence-corrected chi connectivity index (χ3v) is 8.39. The number of aromatic nitrogens is 1. The number of urea groups is 1. The number of hydrogen-bond donors (Lipinski definition) is 3. The zero-order valence-corrected chi connectivity index (χ0v) is 19.1. The van der Waals surface area contributed by atoms with Crippen LogP contribution in [0.2, 0.25) is 0 Å². The number of aliphatic hydroxyl groups is 1. The first-order chi connectivity index (χ1) is 14.8. The summed E-state index contributed by atoms with van der Waals surface area (Å²) >= 11 is 0.983. The third kappa shape index (κ3) is 4.54. The Morgan fingerprint density at radius 2 is 2.03 bits per heavy atom. The molecule has 0 aromatic carbocycles. The standard InChI is InChI=1S/C20H23F3N4O3S2/c1-19(2,29)11-8-14(31-9-11)32(24,30)27-18(28)26-16-12-4-3-5-13(12)25-17(20(21,22)23)15(16)10-6-7-10/h8-10,29H,3-7H2,1-2H3,(H3,24,25,26,27,28,30). The Morgan fingerprint density at radius 1 is 1.34 bits per heavy atom. The second-order valence-electron chi connectivity index (χ2n) is 8.60. The maximum atomic E-state index is 13.7. The summed E-state index contributed by atoms with van der Waals surface area (Å²) in [5.41, 5.74) is -0.759. The van der Waals surface area contributed by atoms with Crippen LogP contribution in [0.1, 0.15) is 67.1 Å². The van der Waals surface area contributed by atoms with Crippen molar-refractivity contribution < 1.29 is 27.3 Å². The summed E-state index contributed by atoms with van der Waals surface area (Å²) in [6.07, 6.45) is -1.98. The zero-order valence-electron chi connectivity index (χ0n) is 17.5. The number of alkyl halides is 3. The van der Waals surface area contributed by atoms with Gasteiger partial charge in [-0.2, -0.15) is 13.2 Å². The Hall–Kier alpha value is -2.02. The highest BCUT2D eigenvalue weighted by Crippen LogP contribution is 2.50. The molecule has 0 spiro atoms. The van der Waals surface area contributed by atoms with Crippen molar-refractivity contribution in [1.82, 2.24) is 4.98 Å². The lowest BCUT2D eigenvalue weighted by atomic mass is 10.00.